The van der Waals surface area contributed by atoms with Crippen LogP contribution in [0.15, 0.2) is 42.0 Å². The van der Waals surface area contributed by atoms with E-state index in [2.05, 4.69) is 25.2 Å². The van der Waals surface area contributed by atoms with Crippen molar-refractivity contribution in [3.63, 3.8) is 0 Å². The Morgan fingerprint density at radius 1 is 1.27 bits per heavy atom. The zero-order valence-electron chi connectivity index (χ0n) is 14.6. The predicted octanol–water partition coefficient (Wildman–Crippen LogP) is 0.136. The molecule has 3 aromatic heterocycles. The highest BCUT2D eigenvalue weighted by Crippen LogP contribution is 2.12. The summed E-state index contributed by atoms with van der Waals surface area (Å²) in [6.45, 7) is 3.62. The minimum Gasteiger partial charge on any atom is -0.374 e. The Morgan fingerprint density at radius 2 is 2.19 bits per heavy atom. The Hall–Kier alpha value is -2.78. The van der Waals surface area contributed by atoms with Crippen LogP contribution in [0.1, 0.15) is 5.69 Å². The average Bonchev–Trinajstić information content (AvgIpc) is 3.06. The van der Waals surface area contributed by atoms with Gasteiger partial charge in [0.1, 0.15) is 0 Å². The molecule has 9 nitrogen and oxygen atoms in total. The first kappa shape index (κ1) is 16.7. The predicted molar refractivity (Wildman–Crippen MR) is 96.0 cm³/mol. The van der Waals surface area contributed by atoms with Crippen LogP contribution >= 0.6 is 0 Å². The van der Waals surface area contributed by atoms with Gasteiger partial charge in [0.05, 0.1) is 30.8 Å². The van der Waals surface area contributed by atoms with Gasteiger partial charge in [0, 0.05) is 58.0 Å². The van der Waals surface area contributed by atoms with Gasteiger partial charge in [-0.25, -0.2) is 9.97 Å². The molecule has 136 valence electrons. The van der Waals surface area contributed by atoms with Crippen LogP contribution in [0.2, 0.25) is 0 Å². The van der Waals surface area contributed by atoms with Crippen molar-refractivity contribution in [2.75, 3.05) is 31.6 Å². The zero-order chi connectivity index (χ0) is 17.9. The Bertz CT molecular complexity index is 951. The van der Waals surface area contributed by atoms with Gasteiger partial charge in [0.15, 0.2) is 11.5 Å². The van der Waals surface area contributed by atoms with Gasteiger partial charge < -0.3 is 14.6 Å². The molecule has 0 unspecified atom stereocenters. The molecule has 0 spiro atoms. The molecule has 1 saturated heterocycles. The molecule has 0 amide bonds. The van der Waals surface area contributed by atoms with Crippen LogP contribution in [0.25, 0.3) is 5.65 Å². The standard InChI is InChI=1S/C17H21N7O2/c1-22-4-3-19-16(17(22)25)21-9-14-12-23(6-7-26-14)11-13-8-20-15-10-18-2-5-24(13)15/h2-5,8,10,14H,6-7,9,11-12H2,1H3,(H,19,21)/t14-/m1/s1. The molecule has 1 aliphatic heterocycles. The summed E-state index contributed by atoms with van der Waals surface area (Å²) in [6.07, 6.45) is 10.6. The molecule has 26 heavy (non-hydrogen) atoms. The van der Waals surface area contributed by atoms with Crippen LogP contribution in [0.3, 0.4) is 0 Å². The van der Waals surface area contributed by atoms with Crippen molar-refractivity contribution < 1.29 is 4.74 Å². The van der Waals surface area contributed by atoms with Gasteiger partial charge in [-0.3, -0.25) is 19.1 Å². The lowest BCUT2D eigenvalue weighted by atomic mass is 10.2. The smallest absolute Gasteiger partial charge is 0.293 e. The van der Waals surface area contributed by atoms with Gasteiger partial charge >= 0.3 is 0 Å². The van der Waals surface area contributed by atoms with Crippen molar-refractivity contribution in [2.24, 2.45) is 7.05 Å². The molecule has 0 aromatic carbocycles. The summed E-state index contributed by atoms with van der Waals surface area (Å²) < 4.78 is 9.39. The third-order valence-corrected chi connectivity index (χ3v) is 4.52. The summed E-state index contributed by atoms with van der Waals surface area (Å²) >= 11 is 0. The second-order valence-corrected chi connectivity index (χ2v) is 6.35. The molecule has 1 N–H and O–H groups in total. The van der Waals surface area contributed by atoms with Crippen molar-refractivity contribution in [3.05, 3.63) is 53.2 Å². The number of imidazole rings is 1. The lowest BCUT2D eigenvalue weighted by Gasteiger charge is -2.32. The fourth-order valence-corrected chi connectivity index (χ4v) is 3.12. The minimum absolute atomic E-state index is 0.00341. The van der Waals surface area contributed by atoms with Gasteiger partial charge in [0.25, 0.3) is 5.56 Å². The largest absolute Gasteiger partial charge is 0.374 e. The molecule has 0 aliphatic carbocycles. The van der Waals surface area contributed by atoms with E-state index < -0.39 is 0 Å². The quantitative estimate of drug-likeness (QED) is 0.696. The molecule has 9 heteroatoms. The third-order valence-electron chi connectivity index (χ3n) is 4.52. The van der Waals surface area contributed by atoms with Crippen molar-refractivity contribution >= 4 is 11.5 Å². The van der Waals surface area contributed by atoms with Crippen LogP contribution in [-0.2, 0) is 18.3 Å². The van der Waals surface area contributed by atoms with Crippen molar-refractivity contribution in [2.45, 2.75) is 12.6 Å². The van der Waals surface area contributed by atoms with Gasteiger partial charge in [-0.15, -0.1) is 0 Å². The summed E-state index contributed by atoms with van der Waals surface area (Å²) in [5.41, 5.74) is 1.83. The molecular weight excluding hydrogens is 334 g/mol. The van der Waals surface area contributed by atoms with Crippen molar-refractivity contribution in [1.29, 1.82) is 0 Å². The Morgan fingerprint density at radius 3 is 3.12 bits per heavy atom. The molecule has 0 bridgehead atoms. The number of morpholine rings is 1. The van der Waals surface area contributed by atoms with Gasteiger partial charge in [-0.1, -0.05) is 0 Å². The summed E-state index contributed by atoms with van der Waals surface area (Å²) in [5, 5.41) is 3.11. The van der Waals surface area contributed by atoms with Crippen molar-refractivity contribution in [3.8, 4) is 0 Å². The molecular formula is C17H21N7O2. The highest BCUT2D eigenvalue weighted by Gasteiger charge is 2.22. The number of rotatable bonds is 5. The van der Waals surface area contributed by atoms with Gasteiger partial charge in [0.2, 0.25) is 0 Å². The van der Waals surface area contributed by atoms with Crippen LogP contribution in [-0.4, -0.2) is 61.2 Å². The summed E-state index contributed by atoms with van der Waals surface area (Å²) in [4.78, 5) is 26.9. The van der Waals surface area contributed by atoms with Crippen LogP contribution < -0.4 is 10.9 Å². The van der Waals surface area contributed by atoms with Crippen molar-refractivity contribution in [1.82, 2.24) is 28.8 Å². The van der Waals surface area contributed by atoms with E-state index in [1.54, 1.807) is 31.8 Å². The van der Waals surface area contributed by atoms with E-state index in [0.29, 0.717) is 19.0 Å². The fraction of sp³-hybridized carbons (Fsp3) is 0.412. The van der Waals surface area contributed by atoms with Gasteiger partial charge in [-0.05, 0) is 0 Å². The van der Waals surface area contributed by atoms with E-state index in [0.717, 1.165) is 31.0 Å². The maximum Gasteiger partial charge on any atom is 0.293 e. The number of hydrogen-bond acceptors (Lipinski definition) is 7. The van der Waals surface area contributed by atoms with Crippen LogP contribution in [0, 0.1) is 0 Å². The van der Waals surface area contributed by atoms with E-state index >= 15 is 0 Å². The number of fused-ring (bicyclic) bond motifs is 1. The first-order valence-electron chi connectivity index (χ1n) is 8.56. The highest BCUT2D eigenvalue weighted by atomic mass is 16.5. The number of anilines is 1. The minimum atomic E-state index is -0.139. The maximum atomic E-state index is 12.0. The number of aromatic nitrogens is 5. The molecule has 0 radical (unpaired) electrons. The summed E-state index contributed by atoms with van der Waals surface area (Å²) in [7, 11) is 1.71. The number of ether oxygens (including phenoxy) is 1. The topological polar surface area (TPSA) is 89.6 Å². The second-order valence-electron chi connectivity index (χ2n) is 6.35. The first-order chi connectivity index (χ1) is 12.7. The molecule has 1 atom stereocenters. The molecule has 4 heterocycles. The molecule has 1 aliphatic rings. The Kier molecular flexibility index (Phi) is 4.63. The van der Waals surface area contributed by atoms with E-state index in [9.17, 15) is 4.79 Å². The second kappa shape index (κ2) is 7.22. The molecule has 4 rings (SSSR count). The molecule has 1 fully saturated rings. The zero-order valence-corrected chi connectivity index (χ0v) is 14.6. The van der Waals surface area contributed by atoms with Crippen LogP contribution in [0.5, 0.6) is 0 Å². The first-order valence-corrected chi connectivity index (χ1v) is 8.56. The number of nitrogens with zero attached hydrogens (tertiary/aromatic N) is 6. The number of hydrogen-bond donors (Lipinski definition) is 1. The normalized spacial score (nSPS) is 18.3. The van der Waals surface area contributed by atoms with E-state index in [-0.39, 0.29) is 11.7 Å². The third kappa shape index (κ3) is 3.44. The maximum absolute atomic E-state index is 12.0. The average molecular weight is 355 g/mol. The lowest BCUT2D eigenvalue weighted by molar-refractivity contribution is -0.0245. The molecule has 0 saturated carbocycles. The summed E-state index contributed by atoms with van der Waals surface area (Å²) in [6, 6.07) is 0. The Labute approximate surface area is 150 Å². The fourth-order valence-electron chi connectivity index (χ4n) is 3.12. The van der Waals surface area contributed by atoms with Gasteiger partial charge in [-0.2, -0.15) is 0 Å². The van der Waals surface area contributed by atoms with E-state index in [4.69, 9.17) is 4.74 Å². The van der Waals surface area contributed by atoms with Crippen LogP contribution in [0.4, 0.5) is 5.82 Å². The highest BCUT2D eigenvalue weighted by molar-refractivity contribution is 5.36. The van der Waals surface area contributed by atoms with E-state index in [1.165, 1.54) is 4.57 Å². The number of aryl methyl sites for hydroxylation is 1. The molecule has 3 aromatic rings. The number of nitrogens with one attached hydrogen (secondary N) is 1. The van der Waals surface area contributed by atoms with E-state index in [1.807, 2.05) is 16.8 Å². The SMILES string of the molecule is Cn1ccnc(NC[C@@H]2CN(Cc3cnc4cnccn34)CCO2)c1=O. The lowest BCUT2D eigenvalue weighted by Crippen LogP contribution is -2.45. The monoisotopic (exact) mass is 355 g/mol. The Balaban J connectivity index is 1.38. The summed E-state index contributed by atoms with van der Waals surface area (Å²) in [5.74, 6) is 0.352.